The second-order valence-corrected chi connectivity index (χ2v) is 5.29. The van der Waals surface area contributed by atoms with Gasteiger partial charge in [-0.05, 0) is 26.0 Å². The predicted molar refractivity (Wildman–Crippen MR) is 68.8 cm³/mol. The zero-order valence-corrected chi connectivity index (χ0v) is 11.6. The molecule has 0 aliphatic rings. The van der Waals surface area contributed by atoms with E-state index in [0.717, 1.165) is 30.5 Å². The molecule has 0 aliphatic heterocycles. The molecule has 2 N–H and O–H groups in total. The highest BCUT2D eigenvalue weighted by Gasteiger charge is 2.49. The van der Waals surface area contributed by atoms with Crippen molar-refractivity contribution in [2.24, 2.45) is 0 Å². The Morgan fingerprint density at radius 3 is 2.59 bits per heavy atom. The topological polar surface area (TPSA) is 66.6 Å². The Balaban J connectivity index is 2.36. The van der Waals surface area contributed by atoms with Gasteiger partial charge < -0.3 is 10.4 Å². The van der Waals surface area contributed by atoms with Crippen LogP contribution >= 0.6 is 0 Å². The van der Waals surface area contributed by atoms with E-state index >= 15 is 0 Å². The van der Waals surface area contributed by atoms with Crippen molar-refractivity contribution in [2.75, 3.05) is 0 Å². The highest BCUT2D eigenvalue weighted by atomic mass is 19.4. The quantitative estimate of drug-likeness (QED) is 0.849. The molecule has 0 spiro atoms. The molecule has 0 saturated carbocycles. The minimum absolute atomic E-state index is 0.0422. The van der Waals surface area contributed by atoms with Crippen LogP contribution < -0.4 is 5.32 Å². The van der Waals surface area contributed by atoms with Crippen LogP contribution in [0.2, 0.25) is 0 Å². The molecule has 0 aliphatic carbocycles. The van der Waals surface area contributed by atoms with E-state index in [4.69, 9.17) is 0 Å². The van der Waals surface area contributed by atoms with Gasteiger partial charge >= 0.3 is 6.18 Å². The Bertz CT molecular complexity index is 689. The van der Waals surface area contributed by atoms with E-state index in [9.17, 15) is 27.5 Å². The third kappa shape index (κ3) is 3.03. The number of hydrogen-bond acceptors (Lipinski definition) is 3. The smallest absolute Gasteiger partial charge is 0.388 e. The van der Waals surface area contributed by atoms with Crippen LogP contribution in [0.25, 0.3) is 5.52 Å². The number of pyridine rings is 1. The lowest BCUT2D eigenvalue weighted by Crippen LogP contribution is -2.57. The molecule has 0 radical (unpaired) electrons. The molecule has 0 bridgehead atoms. The Labute approximate surface area is 122 Å². The van der Waals surface area contributed by atoms with Crippen molar-refractivity contribution in [3.05, 3.63) is 36.2 Å². The number of nitrogens with one attached hydrogen (secondary N) is 1. The fraction of sp³-hybridized carbons (Fsp3) is 0.385. The van der Waals surface area contributed by atoms with E-state index in [1.165, 1.54) is 12.3 Å². The van der Waals surface area contributed by atoms with Gasteiger partial charge in [-0.1, -0.05) is 0 Å². The standard InChI is InChI=1S/C13H13F4N3O2/c1-12(2,22)11(13(15,16)17)19-10(21)9-18-6-8-7(14)4-3-5-20(8)9/h3-6,11,22H,1-2H3,(H,19,21). The molecule has 2 rings (SSSR count). The van der Waals surface area contributed by atoms with Gasteiger partial charge in [0, 0.05) is 6.20 Å². The van der Waals surface area contributed by atoms with Gasteiger partial charge in [0.25, 0.3) is 5.91 Å². The van der Waals surface area contributed by atoms with Crippen molar-refractivity contribution in [3.8, 4) is 0 Å². The molecular weight excluding hydrogens is 306 g/mol. The molecule has 0 saturated heterocycles. The van der Waals surface area contributed by atoms with Crippen LogP contribution in [0.5, 0.6) is 0 Å². The average Bonchev–Trinajstić information content (AvgIpc) is 2.78. The number of imidazole rings is 1. The molecule has 1 atom stereocenters. The first-order chi connectivity index (χ1) is 10.0. The van der Waals surface area contributed by atoms with Crippen molar-refractivity contribution in [1.29, 1.82) is 0 Å². The summed E-state index contributed by atoms with van der Waals surface area (Å²) < 4.78 is 53.3. The van der Waals surface area contributed by atoms with E-state index < -0.39 is 35.4 Å². The molecule has 120 valence electrons. The van der Waals surface area contributed by atoms with Crippen LogP contribution in [0.3, 0.4) is 0 Å². The molecule has 9 heteroatoms. The SMILES string of the molecule is CC(C)(O)C(NC(=O)c1ncc2c(F)cccn12)C(F)(F)F. The number of aromatic nitrogens is 2. The molecule has 5 nitrogen and oxygen atoms in total. The van der Waals surface area contributed by atoms with Crippen molar-refractivity contribution < 1.29 is 27.5 Å². The summed E-state index contributed by atoms with van der Waals surface area (Å²) in [5, 5.41) is 11.3. The summed E-state index contributed by atoms with van der Waals surface area (Å²) in [5.41, 5.74) is -2.27. The first-order valence-corrected chi connectivity index (χ1v) is 6.23. The van der Waals surface area contributed by atoms with E-state index in [2.05, 4.69) is 4.98 Å². The maximum Gasteiger partial charge on any atom is 0.411 e. The molecule has 0 aromatic carbocycles. The van der Waals surface area contributed by atoms with Gasteiger partial charge in [-0.2, -0.15) is 13.2 Å². The number of amides is 1. The van der Waals surface area contributed by atoms with Crippen molar-refractivity contribution in [3.63, 3.8) is 0 Å². The molecule has 2 aromatic heterocycles. The Kier molecular flexibility index (Phi) is 3.86. The number of fused-ring (bicyclic) bond motifs is 1. The van der Waals surface area contributed by atoms with E-state index in [0.29, 0.717) is 0 Å². The fourth-order valence-corrected chi connectivity index (χ4v) is 2.01. The third-order valence-electron chi connectivity index (χ3n) is 3.03. The number of hydrogen-bond donors (Lipinski definition) is 2. The minimum Gasteiger partial charge on any atom is -0.388 e. The van der Waals surface area contributed by atoms with Gasteiger partial charge in [-0.15, -0.1) is 0 Å². The Morgan fingerprint density at radius 2 is 2.05 bits per heavy atom. The molecule has 0 fully saturated rings. The zero-order valence-electron chi connectivity index (χ0n) is 11.6. The number of halogens is 4. The van der Waals surface area contributed by atoms with Crippen LogP contribution in [0.1, 0.15) is 24.5 Å². The summed E-state index contributed by atoms with van der Waals surface area (Å²) in [6, 6.07) is -0.0695. The minimum atomic E-state index is -4.85. The molecule has 22 heavy (non-hydrogen) atoms. The van der Waals surface area contributed by atoms with Crippen molar-refractivity contribution in [1.82, 2.24) is 14.7 Å². The first-order valence-electron chi connectivity index (χ1n) is 6.23. The van der Waals surface area contributed by atoms with Gasteiger partial charge in [0.1, 0.15) is 11.3 Å². The lowest BCUT2D eigenvalue weighted by molar-refractivity contribution is -0.192. The normalized spacial score (nSPS) is 14.1. The summed E-state index contributed by atoms with van der Waals surface area (Å²) in [4.78, 5) is 15.6. The summed E-state index contributed by atoms with van der Waals surface area (Å²) in [7, 11) is 0. The number of nitrogens with zero attached hydrogens (tertiary/aromatic N) is 2. The number of carbonyl (C=O) groups excluding carboxylic acids is 1. The Morgan fingerprint density at radius 1 is 1.41 bits per heavy atom. The largest absolute Gasteiger partial charge is 0.411 e. The van der Waals surface area contributed by atoms with Gasteiger partial charge in [-0.3, -0.25) is 9.20 Å². The molecule has 2 heterocycles. The zero-order chi connectivity index (χ0) is 16.7. The van der Waals surface area contributed by atoms with E-state index in [1.54, 1.807) is 5.32 Å². The van der Waals surface area contributed by atoms with Crippen LogP contribution in [0, 0.1) is 5.82 Å². The highest BCUT2D eigenvalue weighted by molar-refractivity contribution is 5.92. The van der Waals surface area contributed by atoms with Gasteiger partial charge in [0.05, 0.1) is 11.8 Å². The third-order valence-corrected chi connectivity index (χ3v) is 3.03. The monoisotopic (exact) mass is 319 g/mol. The maximum atomic E-state index is 13.5. The van der Waals surface area contributed by atoms with Crippen LogP contribution in [-0.2, 0) is 0 Å². The number of aliphatic hydroxyl groups is 1. The number of carbonyl (C=O) groups is 1. The highest BCUT2D eigenvalue weighted by Crippen LogP contribution is 2.28. The van der Waals surface area contributed by atoms with Crippen LogP contribution in [0.15, 0.2) is 24.5 Å². The fourth-order valence-electron chi connectivity index (χ4n) is 2.01. The molecule has 1 unspecified atom stereocenters. The van der Waals surface area contributed by atoms with E-state index in [1.807, 2.05) is 0 Å². The van der Waals surface area contributed by atoms with Crippen molar-refractivity contribution >= 4 is 11.4 Å². The summed E-state index contributed by atoms with van der Waals surface area (Å²) in [5.74, 6) is -2.24. The van der Waals surface area contributed by atoms with Gasteiger partial charge in [-0.25, -0.2) is 9.37 Å². The second-order valence-electron chi connectivity index (χ2n) is 5.29. The number of alkyl halides is 3. The van der Waals surface area contributed by atoms with E-state index in [-0.39, 0.29) is 5.52 Å². The summed E-state index contributed by atoms with van der Waals surface area (Å²) >= 11 is 0. The van der Waals surface area contributed by atoms with Crippen molar-refractivity contribution in [2.45, 2.75) is 31.7 Å². The summed E-state index contributed by atoms with van der Waals surface area (Å²) in [6.07, 6.45) is -2.52. The first kappa shape index (κ1) is 16.2. The molecule has 2 aromatic rings. The van der Waals surface area contributed by atoms with Crippen LogP contribution in [0.4, 0.5) is 17.6 Å². The second kappa shape index (κ2) is 5.24. The van der Waals surface area contributed by atoms with Crippen LogP contribution in [-0.4, -0.2) is 38.2 Å². The lowest BCUT2D eigenvalue weighted by Gasteiger charge is -2.31. The maximum absolute atomic E-state index is 13.5. The van der Waals surface area contributed by atoms with Gasteiger partial charge in [0.15, 0.2) is 6.04 Å². The summed E-state index contributed by atoms with van der Waals surface area (Å²) in [6.45, 7) is 1.85. The number of rotatable bonds is 3. The molecular formula is C13H13F4N3O2. The average molecular weight is 319 g/mol. The Hall–Kier alpha value is -2.16. The molecule has 1 amide bonds. The van der Waals surface area contributed by atoms with Gasteiger partial charge in [0.2, 0.25) is 5.82 Å². The predicted octanol–water partition coefficient (Wildman–Crippen LogP) is 1.90. The lowest BCUT2D eigenvalue weighted by atomic mass is 9.98.